The van der Waals surface area contributed by atoms with Crippen molar-refractivity contribution in [3.63, 3.8) is 0 Å². The van der Waals surface area contributed by atoms with Gasteiger partial charge in [-0.2, -0.15) is 0 Å². The average molecular weight is 211 g/mol. The first-order valence-electron chi connectivity index (χ1n) is 4.90. The van der Waals surface area contributed by atoms with Crippen molar-refractivity contribution in [1.29, 1.82) is 0 Å². The summed E-state index contributed by atoms with van der Waals surface area (Å²) in [6, 6.07) is 3.80. The normalized spacial score (nSPS) is 11.5. The van der Waals surface area contributed by atoms with E-state index in [9.17, 15) is 4.79 Å². The molecule has 0 aliphatic heterocycles. The topological polar surface area (TPSA) is 62.5 Å². The molecule has 15 heavy (non-hydrogen) atoms. The Labute approximate surface area is 89.3 Å². The maximum absolute atomic E-state index is 10.9. The Kier molecular flexibility index (Phi) is 3.52. The molecule has 0 spiro atoms. The fraction of sp³-hybridized carbons (Fsp3) is 0.545. The highest BCUT2D eigenvalue weighted by atomic mass is 16.3. The molecule has 0 aromatic carbocycles. The molecule has 1 amide bonds. The van der Waals surface area contributed by atoms with E-state index in [1.165, 1.54) is 0 Å². The van der Waals surface area contributed by atoms with Crippen LogP contribution in [0.25, 0.3) is 0 Å². The van der Waals surface area contributed by atoms with Crippen molar-refractivity contribution in [3.05, 3.63) is 23.7 Å². The van der Waals surface area contributed by atoms with Crippen molar-refractivity contribution in [1.82, 2.24) is 5.32 Å². The van der Waals surface area contributed by atoms with Gasteiger partial charge in [-0.25, -0.2) is 0 Å². The zero-order valence-electron chi connectivity index (χ0n) is 9.33. The third-order valence-electron chi connectivity index (χ3n) is 2.28. The second kappa shape index (κ2) is 4.49. The highest BCUT2D eigenvalue weighted by Gasteiger charge is 2.24. The molecule has 4 heteroatoms. The van der Waals surface area contributed by atoms with Gasteiger partial charge in [-0.05, 0) is 19.1 Å². The number of carbonyl (C=O) groups excluding carboxylic acids is 1. The lowest BCUT2D eigenvalue weighted by Gasteiger charge is -2.22. The lowest BCUT2D eigenvalue weighted by molar-refractivity contribution is -0.124. The second-order valence-corrected chi connectivity index (χ2v) is 4.23. The van der Waals surface area contributed by atoms with Gasteiger partial charge in [-0.3, -0.25) is 4.79 Å². The van der Waals surface area contributed by atoms with E-state index in [4.69, 9.17) is 9.52 Å². The van der Waals surface area contributed by atoms with Gasteiger partial charge in [-0.15, -0.1) is 0 Å². The number of furan rings is 1. The summed E-state index contributed by atoms with van der Waals surface area (Å²) in [5, 5.41) is 11.2. The first-order valence-corrected chi connectivity index (χ1v) is 4.90. The molecule has 0 aliphatic carbocycles. The number of amides is 1. The summed E-state index contributed by atoms with van der Waals surface area (Å²) in [5.74, 6) is 1.32. The number of carbonyl (C=O) groups is 1. The third-order valence-corrected chi connectivity index (χ3v) is 2.28. The van der Waals surface area contributed by atoms with Crippen molar-refractivity contribution < 1.29 is 14.3 Å². The largest absolute Gasteiger partial charge is 0.466 e. The number of hydrogen-bond donors (Lipinski definition) is 2. The van der Waals surface area contributed by atoms with Crippen molar-refractivity contribution in [2.24, 2.45) is 0 Å². The lowest BCUT2D eigenvalue weighted by atomic mass is 9.90. The van der Waals surface area contributed by atoms with E-state index in [0.717, 1.165) is 11.5 Å². The van der Waals surface area contributed by atoms with Gasteiger partial charge in [0.15, 0.2) is 0 Å². The number of aliphatic hydroxyl groups excluding tert-OH is 1. The van der Waals surface area contributed by atoms with Crippen LogP contribution in [0.3, 0.4) is 0 Å². The average Bonchev–Trinajstić information content (AvgIpc) is 2.62. The highest BCUT2D eigenvalue weighted by molar-refractivity contribution is 5.76. The van der Waals surface area contributed by atoms with E-state index in [1.54, 1.807) is 0 Å². The van der Waals surface area contributed by atoms with Crippen molar-refractivity contribution in [2.45, 2.75) is 26.2 Å². The molecule has 4 nitrogen and oxygen atoms in total. The zero-order chi connectivity index (χ0) is 11.5. The minimum absolute atomic E-state index is 0.265. The zero-order valence-corrected chi connectivity index (χ0v) is 9.33. The number of hydrogen-bond acceptors (Lipinski definition) is 3. The molecule has 1 heterocycles. The van der Waals surface area contributed by atoms with Gasteiger partial charge in [0, 0.05) is 12.0 Å². The van der Waals surface area contributed by atoms with Crippen molar-refractivity contribution in [2.75, 3.05) is 13.2 Å². The Bertz CT molecular complexity index is 341. The summed E-state index contributed by atoms with van der Waals surface area (Å²) in [6.07, 6.45) is 0. The molecule has 1 aromatic heterocycles. The Morgan fingerprint density at radius 3 is 2.67 bits per heavy atom. The van der Waals surface area contributed by atoms with Gasteiger partial charge < -0.3 is 14.8 Å². The van der Waals surface area contributed by atoms with E-state index in [2.05, 4.69) is 5.32 Å². The van der Waals surface area contributed by atoms with Crippen LogP contribution in [0.2, 0.25) is 0 Å². The van der Waals surface area contributed by atoms with Crippen LogP contribution in [-0.4, -0.2) is 24.2 Å². The van der Waals surface area contributed by atoms with Crippen LogP contribution in [-0.2, 0) is 10.2 Å². The number of nitrogens with one attached hydrogen (secondary N) is 1. The minimum Gasteiger partial charge on any atom is -0.466 e. The van der Waals surface area contributed by atoms with E-state index in [0.29, 0.717) is 6.54 Å². The fourth-order valence-corrected chi connectivity index (χ4v) is 1.26. The minimum atomic E-state index is -0.479. The number of aryl methyl sites for hydroxylation is 1. The molecule has 0 unspecified atom stereocenters. The summed E-state index contributed by atoms with van der Waals surface area (Å²) >= 11 is 0. The predicted molar refractivity (Wildman–Crippen MR) is 56.6 cm³/mol. The van der Waals surface area contributed by atoms with E-state index in [-0.39, 0.29) is 11.3 Å². The molecule has 0 saturated heterocycles. The van der Waals surface area contributed by atoms with Crippen LogP contribution < -0.4 is 5.32 Å². The van der Waals surface area contributed by atoms with Gasteiger partial charge in [0.05, 0.1) is 0 Å². The third kappa shape index (κ3) is 3.09. The Hall–Kier alpha value is -1.29. The highest BCUT2D eigenvalue weighted by Crippen LogP contribution is 2.24. The summed E-state index contributed by atoms with van der Waals surface area (Å²) in [4.78, 5) is 10.9. The van der Waals surface area contributed by atoms with E-state index >= 15 is 0 Å². The quantitative estimate of drug-likeness (QED) is 0.780. The van der Waals surface area contributed by atoms with E-state index < -0.39 is 6.61 Å². The molecule has 1 aromatic rings. The molecule has 0 fully saturated rings. The van der Waals surface area contributed by atoms with Crippen molar-refractivity contribution >= 4 is 5.91 Å². The lowest BCUT2D eigenvalue weighted by Crippen LogP contribution is -2.37. The number of rotatable bonds is 4. The van der Waals surface area contributed by atoms with Crippen LogP contribution in [0.4, 0.5) is 0 Å². The van der Waals surface area contributed by atoms with Crippen molar-refractivity contribution in [3.8, 4) is 0 Å². The van der Waals surface area contributed by atoms with Gasteiger partial charge in [-0.1, -0.05) is 13.8 Å². The Morgan fingerprint density at radius 1 is 1.53 bits per heavy atom. The molecule has 84 valence electrons. The predicted octanol–water partition coefficient (Wildman–Crippen LogP) is 0.974. The fourth-order valence-electron chi connectivity index (χ4n) is 1.26. The molecule has 0 bridgehead atoms. The molecule has 2 N–H and O–H groups in total. The Balaban J connectivity index is 2.63. The van der Waals surface area contributed by atoms with Crippen LogP contribution in [0, 0.1) is 6.92 Å². The standard InChI is InChI=1S/C11H17NO3/c1-8-4-5-9(15-8)11(2,3)7-12-10(14)6-13/h4-5,13H,6-7H2,1-3H3,(H,12,14). The van der Waals surface area contributed by atoms with Gasteiger partial charge in [0.2, 0.25) is 5.91 Å². The van der Waals surface area contributed by atoms with Crippen LogP contribution in [0.15, 0.2) is 16.5 Å². The number of aliphatic hydroxyl groups is 1. The molecule has 1 rings (SSSR count). The SMILES string of the molecule is Cc1ccc(C(C)(C)CNC(=O)CO)o1. The summed E-state index contributed by atoms with van der Waals surface area (Å²) in [7, 11) is 0. The first-order chi connectivity index (χ1) is 6.95. The van der Waals surface area contributed by atoms with Gasteiger partial charge in [0.25, 0.3) is 0 Å². The molecule has 0 atom stereocenters. The van der Waals surface area contributed by atoms with Crippen LogP contribution in [0.1, 0.15) is 25.4 Å². The Morgan fingerprint density at radius 2 is 2.20 bits per heavy atom. The summed E-state index contributed by atoms with van der Waals surface area (Å²) in [5.41, 5.74) is -0.265. The van der Waals surface area contributed by atoms with Crippen LogP contribution >= 0.6 is 0 Å². The maximum Gasteiger partial charge on any atom is 0.245 e. The molecular formula is C11H17NO3. The monoisotopic (exact) mass is 211 g/mol. The maximum atomic E-state index is 10.9. The molecule has 0 radical (unpaired) electrons. The molecular weight excluding hydrogens is 194 g/mol. The van der Waals surface area contributed by atoms with Gasteiger partial charge in [0.1, 0.15) is 18.1 Å². The second-order valence-electron chi connectivity index (χ2n) is 4.23. The van der Waals surface area contributed by atoms with Gasteiger partial charge >= 0.3 is 0 Å². The molecule has 0 saturated carbocycles. The first kappa shape index (κ1) is 11.8. The summed E-state index contributed by atoms with van der Waals surface area (Å²) < 4.78 is 5.50. The van der Waals surface area contributed by atoms with E-state index in [1.807, 2.05) is 32.9 Å². The molecule has 0 aliphatic rings. The van der Waals surface area contributed by atoms with Crippen LogP contribution in [0.5, 0.6) is 0 Å². The summed E-state index contributed by atoms with van der Waals surface area (Å²) in [6.45, 7) is 5.80. The smallest absolute Gasteiger partial charge is 0.245 e.